The molecule has 6 heteroatoms. The smallest absolute Gasteiger partial charge is 0.326 e. The maximum atomic E-state index is 13.5. The normalized spacial score (nSPS) is 12.8. The standard InChI is InChI=1S/C15H18F2N2O2/c1-3-5-6-14-18-11-7-9(16)10(17)8-13(11)19(14)12(4-2)15(20)21/h7-8,12H,3-6H2,1-2H3,(H,20,21). The summed E-state index contributed by atoms with van der Waals surface area (Å²) in [7, 11) is 0. The Balaban J connectivity index is 2.66. The van der Waals surface area contributed by atoms with Crippen molar-refractivity contribution in [1.82, 2.24) is 9.55 Å². The summed E-state index contributed by atoms with van der Waals surface area (Å²) in [6.07, 6.45) is 2.69. The van der Waals surface area contributed by atoms with Gasteiger partial charge in [-0.1, -0.05) is 20.3 Å². The van der Waals surface area contributed by atoms with Crippen LogP contribution in [0.1, 0.15) is 45.0 Å². The third-order valence-corrected chi connectivity index (χ3v) is 3.54. The lowest BCUT2D eigenvalue weighted by atomic mass is 10.2. The van der Waals surface area contributed by atoms with E-state index in [0.717, 1.165) is 25.0 Å². The molecular weight excluding hydrogens is 278 g/mol. The predicted octanol–water partition coefficient (Wildman–Crippen LogP) is 3.69. The minimum absolute atomic E-state index is 0.291. The van der Waals surface area contributed by atoms with Crippen molar-refractivity contribution in [2.75, 3.05) is 0 Å². The van der Waals surface area contributed by atoms with Crippen LogP contribution in [0.5, 0.6) is 0 Å². The van der Waals surface area contributed by atoms with Crippen LogP contribution in [0, 0.1) is 11.6 Å². The van der Waals surface area contributed by atoms with E-state index in [4.69, 9.17) is 0 Å². The van der Waals surface area contributed by atoms with Crippen molar-refractivity contribution in [2.24, 2.45) is 0 Å². The average Bonchev–Trinajstić information content (AvgIpc) is 2.76. The molecule has 1 unspecified atom stereocenters. The second-order valence-corrected chi connectivity index (χ2v) is 5.02. The zero-order valence-corrected chi connectivity index (χ0v) is 12.1. The zero-order chi connectivity index (χ0) is 15.6. The number of hydrogen-bond donors (Lipinski definition) is 1. The van der Waals surface area contributed by atoms with Crippen molar-refractivity contribution in [3.8, 4) is 0 Å². The van der Waals surface area contributed by atoms with Crippen molar-refractivity contribution in [1.29, 1.82) is 0 Å². The molecule has 114 valence electrons. The van der Waals surface area contributed by atoms with E-state index in [-0.39, 0.29) is 0 Å². The summed E-state index contributed by atoms with van der Waals surface area (Å²) in [4.78, 5) is 15.7. The molecule has 0 aliphatic heterocycles. The van der Waals surface area contributed by atoms with E-state index in [0.29, 0.717) is 29.7 Å². The van der Waals surface area contributed by atoms with Gasteiger partial charge in [-0.25, -0.2) is 18.6 Å². The van der Waals surface area contributed by atoms with Gasteiger partial charge in [0, 0.05) is 18.6 Å². The van der Waals surface area contributed by atoms with Crippen molar-refractivity contribution >= 4 is 17.0 Å². The molecule has 1 aromatic heterocycles. The topological polar surface area (TPSA) is 55.1 Å². The SMILES string of the molecule is CCCCc1nc2cc(F)c(F)cc2n1C(CC)C(=O)O. The fourth-order valence-electron chi connectivity index (χ4n) is 2.47. The number of aryl methyl sites for hydroxylation is 1. The minimum Gasteiger partial charge on any atom is -0.480 e. The van der Waals surface area contributed by atoms with Gasteiger partial charge < -0.3 is 9.67 Å². The van der Waals surface area contributed by atoms with E-state index in [1.54, 1.807) is 6.92 Å². The molecule has 1 aromatic carbocycles. The number of fused-ring (bicyclic) bond motifs is 1. The molecule has 0 amide bonds. The highest BCUT2D eigenvalue weighted by Gasteiger charge is 2.24. The number of nitrogens with zero attached hydrogens (tertiary/aromatic N) is 2. The van der Waals surface area contributed by atoms with Crippen LogP contribution in [-0.2, 0) is 11.2 Å². The summed E-state index contributed by atoms with van der Waals surface area (Å²) in [6.45, 7) is 3.76. The highest BCUT2D eigenvalue weighted by atomic mass is 19.2. The van der Waals surface area contributed by atoms with Crippen LogP contribution < -0.4 is 0 Å². The van der Waals surface area contributed by atoms with E-state index in [2.05, 4.69) is 4.98 Å². The molecule has 0 bridgehead atoms. The lowest BCUT2D eigenvalue weighted by Crippen LogP contribution is -2.20. The molecule has 0 saturated carbocycles. The molecule has 0 saturated heterocycles. The Morgan fingerprint density at radius 1 is 1.33 bits per heavy atom. The first-order valence-corrected chi connectivity index (χ1v) is 7.08. The quantitative estimate of drug-likeness (QED) is 0.884. The maximum absolute atomic E-state index is 13.5. The van der Waals surface area contributed by atoms with Gasteiger partial charge in [0.15, 0.2) is 11.6 Å². The van der Waals surface area contributed by atoms with Gasteiger partial charge in [0.05, 0.1) is 11.0 Å². The first kappa shape index (κ1) is 15.4. The molecule has 21 heavy (non-hydrogen) atoms. The Morgan fingerprint density at radius 2 is 2.00 bits per heavy atom. The van der Waals surface area contributed by atoms with Gasteiger partial charge in [0.25, 0.3) is 0 Å². The number of benzene rings is 1. The Morgan fingerprint density at radius 3 is 2.57 bits per heavy atom. The third-order valence-electron chi connectivity index (χ3n) is 3.54. The number of carboxylic acids is 1. The van der Waals surface area contributed by atoms with Gasteiger partial charge in [-0.15, -0.1) is 0 Å². The summed E-state index contributed by atoms with van der Waals surface area (Å²) < 4.78 is 28.4. The molecule has 2 rings (SSSR count). The summed E-state index contributed by atoms with van der Waals surface area (Å²) >= 11 is 0. The highest BCUT2D eigenvalue weighted by Crippen LogP contribution is 2.26. The lowest BCUT2D eigenvalue weighted by Gasteiger charge is -2.16. The second kappa shape index (κ2) is 6.20. The van der Waals surface area contributed by atoms with Crippen LogP contribution in [0.15, 0.2) is 12.1 Å². The molecule has 0 spiro atoms. The number of rotatable bonds is 6. The van der Waals surface area contributed by atoms with Gasteiger partial charge >= 0.3 is 5.97 Å². The Kier molecular flexibility index (Phi) is 4.55. The van der Waals surface area contributed by atoms with Crippen LogP contribution in [0.4, 0.5) is 8.78 Å². The number of carbonyl (C=O) groups is 1. The predicted molar refractivity (Wildman–Crippen MR) is 75.2 cm³/mol. The molecule has 0 aliphatic carbocycles. The Hall–Kier alpha value is -1.98. The van der Waals surface area contributed by atoms with Gasteiger partial charge in [-0.05, 0) is 12.8 Å². The number of imidazole rings is 1. The molecule has 0 fully saturated rings. The number of hydrogen-bond acceptors (Lipinski definition) is 2. The van der Waals surface area contributed by atoms with Gasteiger partial charge in [0.1, 0.15) is 11.9 Å². The number of aliphatic carboxylic acids is 1. The largest absolute Gasteiger partial charge is 0.480 e. The minimum atomic E-state index is -1.00. The van der Waals surface area contributed by atoms with Gasteiger partial charge in [-0.2, -0.15) is 0 Å². The zero-order valence-electron chi connectivity index (χ0n) is 12.1. The maximum Gasteiger partial charge on any atom is 0.326 e. The van der Waals surface area contributed by atoms with E-state index in [1.165, 1.54) is 4.57 Å². The second-order valence-electron chi connectivity index (χ2n) is 5.02. The highest BCUT2D eigenvalue weighted by molar-refractivity contribution is 5.80. The fraction of sp³-hybridized carbons (Fsp3) is 0.467. The van der Waals surface area contributed by atoms with Crippen molar-refractivity contribution in [3.05, 3.63) is 29.6 Å². The van der Waals surface area contributed by atoms with Gasteiger partial charge in [-0.3, -0.25) is 0 Å². The molecule has 1 heterocycles. The first-order chi connectivity index (χ1) is 9.99. The molecule has 0 aliphatic rings. The van der Waals surface area contributed by atoms with Crippen LogP contribution in [0.25, 0.3) is 11.0 Å². The first-order valence-electron chi connectivity index (χ1n) is 7.08. The van der Waals surface area contributed by atoms with Crippen LogP contribution in [0.3, 0.4) is 0 Å². The monoisotopic (exact) mass is 296 g/mol. The van der Waals surface area contributed by atoms with Crippen molar-refractivity contribution in [3.63, 3.8) is 0 Å². The molecule has 0 radical (unpaired) electrons. The number of unbranched alkanes of at least 4 members (excludes halogenated alkanes) is 1. The number of halogens is 2. The summed E-state index contributed by atoms with van der Waals surface area (Å²) in [6, 6.07) is 1.22. The summed E-state index contributed by atoms with van der Waals surface area (Å²) in [5.41, 5.74) is 0.619. The third kappa shape index (κ3) is 2.89. The molecule has 4 nitrogen and oxygen atoms in total. The number of carboxylic acid groups (broad SMARTS) is 1. The fourth-order valence-corrected chi connectivity index (χ4v) is 2.47. The molecule has 1 atom stereocenters. The summed E-state index contributed by atoms with van der Waals surface area (Å²) in [5.74, 6) is -2.41. The van der Waals surface area contributed by atoms with Crippen LogP contribution in [-0.4, -0.2) is 20.6 Å². The molecule has 2 aromatic rings. The Bertz CT molecular complexity index is 667. The summed E-state index contributed by atoms with van der Waals surface area (Å²) in [5, 5.41) is 9.36. The average molecular weight is 296 g/mol. The van der Waals surface area contributed by atoms with Crippen LogP contribution >= 0.6 is 0 Å². The lowest BCUT2D eigenvalue weighted by molar-refractivity contribution is -0.140. The van der Waals surface area contributed by atoms with E-state index < -0.39 is 23.6 Å². The molecular formula is C15H18F2N2O2. The van der Waals surface area contributed by atoms with Crippen LogP contribution in [0.2, 0.25) is 0 Å². The molecule has 1 N–H and O–H groups in total. The van der Waals surface area contributed by atoms with E-state index >= 15 is 0 Å². The van der Waals surface area contributed by atoms with Crippen molar-refractivity contribution in [2.45, 2.75) is 45.6 Å². The van der Waals surface area contributed by atoms with E-state index in [1.807, 2.05) is 6.92 Å². The van der Waals surface area contributed by atoms with Gasteiger partial charge in [0.2, 0.25) is 0 Å². The Labute approximate surface area is 121 Å². The van der Waals surface area contributed by atoms with E-state index in [9.17, 15) is 18.7 Å². The number of aromatic nitrogens is 2. The van der Waals surface area contributed by atoms with Crippen molar-refractivity contribution < 1.29 is 18.7 Å².